The fourth-order valence-electron chi connectivity index (χ4n) is 7.47. The molecule has 1 aliphatic heterocycles. The summed E-state index contributed by atoms with van der Waals surface area (Å²) in [6.07, 6.45) is 47.6. The highest BCUT2D eigenvalue weighted by atomic mass is 16.2. The van der Waals surface area contributed by atoms with Crippen LogP contribution in [0.25, 0.3) is 0 Å². The van der Waals surface area contributed by atoms with E-state index in [-0.39, 0.29) is 6.17 Å². The summed E-state index contributed by atoms with van der Waals surface area (Å²) in [6, 6.07) is 0. The number of rotatable bonds is 36. The van der Waals surface area contributed by atoms with Crippen molar-refractivity contribution in [1.29, 1.82) is 0 Å². The molecule has 0 saturated carbocycles. The molecule has 1 amide bonds. The molecule has 1 unspecified atom stereocenters. The molecule has 3 heteroatoms. The Balaban J connectivity index is 2.04. The molecule has 1 atom stereocenters. The fraction of sp³-hybridized carbons (Fsp3) is 0.976. The summed E-state index contributed by atoms with van der Waals surface area (Å²) in [4.78, 5) is 17.3. The molecule has 0 spiro atoms. The van der Waals surface area contributed by atoms with Gasteiger partial charge in [-0.15, -0.1) is 0 Å². The van der Waals surface area contributed by atoms with Crippen LogP contribution in [0, 0.1) is 0 Å². The van der Waals surface area contributed by atoms with E-state index in [0.29, 0.717) is 5.91 Å². The van der Waals surface area contributed by atoms with Crippen LogP contribution in [0.1, 0.15) is 239 Å². The van der Waals surface area contributed by atoms with E-state index in [9.17, 15) is 4.79 Å². The third-order valence-corrected chi connectivity index (χ3v) is 10.7. The third-order valence-electron chi connectivity index (χ3n) is 10.7. The fourth-order valence-corrected chi connectivity index (χ4v) is 7.47. The first-order valence-corrected chi connectivity index (χ1v) is 21.2. The zero-order chi connectivity index (χ0) is 32.5. The normalized spacial score (nSPS) is 14.3. The van der Waals surface area contributed by atoms with Crippen molar-refractivity contribution in [2.75, 3.05) is 19.6 Å². The lowest BCUT2D eigenvalue weighted by atomic mass is 10.0. The first-order valence-electron chi connectivity index (χ1n) is 21.2. The summed E-state index contributed by atoms with van der Waals surface area (Å²) in [5, 5.41) is 0. The molecule has 3 nitrogen and oxygen atoms in total. The van der Waals surface area contributed by atoms with Crippen molar-refractivity contribution in [2.45, 2.75) is 245 Å². The lowest BCUT2D eigenvalue weighted by molar-refractivity contribution is -0.132. The van der Waals surface area contributed by atoms with Gasteiger partial charge in [-0.05, 0) is 26.2 Å². The number of carbonyl (C=O) groups is 1. The number of hydrogen-bond acceptors (Lipinski definition) is 2. The summed E-state index contributed by atoms with van der Waals surface area (Å²) in [7, 11) is 0. The van der Waals surface area contributed by atoms with Crippen molar-refractivity contribution < 1.29 is 4.79 Å². The van der Waals surface area contributed by atoms with E-state index in [1.165, 1.54) is 219 Å². The Labute approximate surface area is 284 Å². The van der Waals surface area contributed by atoms with Gasteiger partial charge < -0.3 is 4.90 Å². The molecule has 1 aliphatic rings. The predicted octanol–water partition coefficient (Wildman–Crippen LogP) is 13.8. The third kappa shape index (κ3) is 26.1. The van der Waals surface area contributed by atoms with Crippen LogP contribution in [0.5, 0.6) is 0 Å². The van der Waals surface area contributed by atoms with Gasteiger partial charge in [-0.2, -0.15) is 0 Å². The molecule has 1 fully saturated rings. The number of nitrogens with zero attached hydrogens (tertiary/aromatic N) is 2. The number of carbonyl (C=O) groups excluding carboxylic acids is 1. The smallest absolute Gasteiger partial charge is 0.223 e. The second kappa shape index (κ2) is 33.3. The molecule has 0 aliphatic carbocycles. The second-order valence-electron chi connectivity index (χ2n) is 15.0. The maximum absolute atomic E-state index is 12.5. The highest BCUT2D eigenvalue weighted by molar-refractivity contribution is 5.78. The number of unbranched alkanes of at least 4 members (excludes halogenated alkanes) is 30. The molecule has 0 aromatic heterocycles. The van der Waals surface area contributed by atoms with Gasteiger partial charge in [0, 0.05) is 26.1 Å². The van der Waals surface area contributed by atoms with E-state index in [2.05, 4.69) is 30.6 Å². The van der Waals surface area contributed by atoms with Crippen LogP contribution in [-0.2, 0) is 4.79 Å². The van der Waals surface area contributed by atoms with E-state index in [4.69, 9.17) is 0 Å². The standard InChI is InChI=1S/C42H84N2O/c1-4-6-8-10-12-14-16-18-20-22-24-26-28-30-32-34-38-43(41(3)44-40-36-37-42(44)45)39-35-33-31-29-27-25-23-21-19-17-15-13-11-9-7-5-2/h41H,4-40H2,1-3H3. The summed E-state index contributed by atoms with van der Waals surface area (Å²) in [6.45, 7) is 10.2. The van der Waals surface area contributed by atoms with Gasteiger partial charge in [0.1, 0.15) is 0 Å². The van der Waals surface area contributed by atoms with Gasteiger partial charge in [0.15, 0.2) is 0 Å². The molecule has 1 saturated heterocycles. The maximum atomic E-state index is 12.5. The monoisotopic (exact) mass is 633 g/mol. The zero-order valence-corrected chi connectivity index (χ0v) is 31.5. The number of hydrogen-bond donors (Lipinski definition) is 0. The molecule has 45 heavy (non-hydrogen) atoms. The van der Waals surface area contributed by atoms with Crippen molar-refractivity contribution in [1.82, 2.24) is 9.80 Å². The minimum atomic E-state index is 0.285. The van der Waals surface area contributed by atoms with Crippen molar-refractivity contribution in [2.24, 2.45) is 0 Å². The van der Waals surface area contributed by atoms with E-state index in [1.54, 1.807) is 0 Å². The van der Waals surface area contributed by atoms with Crippen LogP contribution in [-0.4, -0.2) is 41.5 Å². The van der Waals surface area contributed by atoms with E-state index in [1.807, 2.05) is 0 Å². The Morgan fingerprint density at radius 3 is 0.978 bits per heavy atom. The Morgan fingerprint density at radius 1 is 0.467 bits per heavy atom. The zero-order valence-electron chi connectivity index (χ0n) is 31.5. The highest BCUT2D eigenvalue weighted by Crippen LogP contribution is 2.20. The van der Waals surface area contributed by atoms with Crippen LogP contribution in [0.3, 0.4) is 0 Å². The Bertz CT molecular complexity index is 572. The van der Waals surface area contributed by atoms with Crippen LogP contribution in [0.15, 0.2) is 0 Å². The van der Waals surface area contributed by atoms with Crippen molar-refractivity contribution in [3.8, 4) is 0 Å². The van der Waals surface area contributed by atoms with Gasteiger partial charge in [-0.1, -0.05) is 206 Å². The maximum Gasteiger partial charge on any atom is 0.223 e. The Morgan fingerprint density at radius 2 is 0.733 bits per heavy atom. The van der Waals surface area contributed by atoms with Gasteiger partial charge in [0.25, 0.3) is 0 Å². The van der Waals surface area contributed by atoms with Gasteiger partial charge in [-0.25, -0.2) is 0 Å². The summed E-state index contributed by atoms with van der Waals surface area (Å²) in [5.41, 5.74) is 0. The van der Waals surface area contributed by atoms with Crippen LogP contribution in [0.2, 0.25) is 0 Å². The van der Waals surface area contributed by atoms with Crippen molar-refractivity contribution in [3.05, 3.63) is 0 Å². The molecule has 1 heterocycles. The van der Waals surface area contributed by atoms with E-state index < -0.39 is 0 Å². The topological polar surface area (TPSA) is 23.6 Å². The molecule has 0 aromatic rings. The number of likely N-dealkylation sites (tertiary alicyclic amines) is 1. The van der Waals surface area contributed by atoms with Gasteiger partial charge in [-0.3, -0.25) is 9.69 Å². The summed E-state index contributed by atoms with van der Waals surface area (Å²) in [5.74, 6) is 0.381. The predicted molar refractivity (Wildman–Crippen MR) is 201 cm³/mol. The van der Waals surface area contributed by atoms with Crippen LogP contribution >= 0.6 is 0 Å². The average Bonchev–Trinajstić information content (AvgIpc) is 3.48. The number of amides is 1. The lowest BCUT2D eigenvalue weighted by Crippen LogP contribution is -2.47. The molecule has 0 N–H and O–H groups in total. The lowest BCUT2D eigenvalue weighted by Gasteiger charge is -2.35. The molecule has 1 rings (SSSR count). The Hall–Kier alpha value is -0.570. The molecular formula is C42H84N2O. The van der Waals surface area contributed by atoms with E-state index in [0.717, 1.165) is 19.4 Å². The van der Waals surface area contributed by atoms with Gasteiger partial charge in [0.05, 0.1) is 6.17 Å². The average molecular weight is 633 g/mol. The SMILES string of the molecule is CCCCCCCCCCCCCCCCCCN(CCCCCCCCCCCCCCCCCC)C(C)N1CCCC1=O. The van der Waals surface area contributed by atoms with Crippen molar-refractivity contribution in [3.63, 3.8) is 0 Å². The van der Waals surface area contributed by atoms with Crippen LogP contribution < -0.4 is 0 Å². The molecule has 0 radical (unpaired) electrons. The summed E-state index contributed by atoms with van der Waals surface area (Å²) >= 11 is 0. The van der Waals surface area contributed by atoms with Gasteiger partial charge in [0.2, 0.25) is 5.91 Å². The first kappa shape index (κ1) is 42.5. The summed E-state index contributed by atoms with van der Waals surface area (Å²) < 4.78 is 0. The van der Waals surface area contributed by atoms with Crippen LogP contribution in [0.4, 0.5) is 0 Å². The minimum absolute atomic E-state index is 0.285. The van der Waals surface area contributed by atoms with Gasteiger partial charge >= 0.3 is 0 Å². The largest absolute Gasteiger partial charge is 0.327 e. The molecule has 0 bridgehead atoms. The van der Waals surface area contributed by atoms with E-state index >= 15 is 0 Å². The van der Waals surface area contributed by atoms with Crippen molar-refractivity contribution >= 4 is 5.91 Å². The Kier molecular flexibility index (Phi) is 31.4. The highest BCUT2D eigenvalue weighted by Gasteiger charge is 2.28. The molecule has 268 valence electrons. The minimum Gasteiger partial charge on any atom is -0.327 e. The quantitative estimate of drug-likeness (QED) is 0.0642. The first-order chi connectivity index (χ1) is 22.2. The molecule has 0 aromatic carbocycles. The second-order valence-corrected chi connectivity index (χ2v) is 15.0. The molecular weight excluding hydrogens is 548 g/mol.